The summed E-state index contributed by atoms with van der Waals surface area (Å²) < 4.78 is 5.26. The fourth-order valence-electron chi connectivity index (χ4n) is 1.93. The van der Waals surface area contributed by atoms with Crippen LogP contribution < -0.4 is 17.0 Å². The van der Waals surface area contributed by atoms with Crippen molar-refractivity contribution in [3.8, 4) is 0 Å². The number of carbonyl (C=O) groups excluding carboxylic acids is 1. The third-order valence-electron chi connectivity index (χ3n) is 2.93. The van der Waals surface area contributed by atoms with Gasteiger partial charge in [0.15, 0.2) is 0 Å². The minimum Gasteiger partial charge on any atom is -0.378 e. The molecule has 0 saturated carbocycles. The Kier molecular flexibility index (Phi) is 4.08. The van der Waals surface area contributed by atoms with Crippen LogP contribution in [0.15, 0.2) is 18.3 Å². The van der Waals surface area contributed by atoms with Crippen molar-refractivity contribution in [2.75, 3.05) is 25.2 Å². The molecule has 7 nitrogen and oxygen atoms in total. The number of carbonyl (C=O) groups is 1. The molecule has 2 rings (SSSR count). The van der Waals surface area contributed by atoms with Gasteiger partial charge >= 0.3 is 0 Å². The van der Waals surface area contributed by atoms with Gasteiger partial charge in [-0.15, -0.1) is 0 Å². The fourth-order valence-corrected chi connectivity index (χ4v) is 1.93. The number of primary amides is 1. The van der Waals surface area contributed by atoms with Crippen LogP contribution in [0.2, 0.25) is 0 Å². The van der Waals surface area contributed by atoms with Gasteiger partial charge in [0.2, 0.25) is 5.91 Å². The first kappa shape index (κ1) is 12.7. The first-order chi connectivity index (χ1) is 8.70. The van der Waals surface area contributed by atoms with Gasteiger partial charge in [0.1, 0.15) is 11.9 Å². The predicted molar refractivity (Wildman–Crippen MR) is 66.3 cm³/mol. The Hall–Kier alpha value is -1.70. The number of rotatable bonds is 4. The van der Waals surface area contributed by atoms with Gasteiger partial charge in [0.25, 0.3) is 0 Å². The van der Waals surface area contributed by atoms with Crippen molar-refractivity contribution >= 4 is 11.7 Å². The third-order valence-corrected chi connectivity index (χ3v) is 2.93. The van der Waals surface area contributed by atoms with Crippen LogP contribution in [0.1, 0.15) is 5.56 Å². The summed E-state index contributed by atoms with van der Waals surface area (Å²) in [4.78, 5) is 17.4. The number of hydrogen-bond acceptors (Lipinski definition) is 6. The lowest BCUT2D eigenvalue weighted by molar-refractivity contribution is -0.129. The molecule has 1 unspecified atom stereocenters. The number of aromatic nitrogens is 1. The Morgan fingerprint density at radius 3 is 3.06 bits per heavy atom. The van der Waals surface area contributed by atoms with E-state index in [1.54, 1.807) is 12.3 Å². The molecule has 1 atom stereocenters. The second kappa shape index (κ2) is 5.76. The zero-order chi connectivity index (χ0) is 13.0. The van der Waals surface area contributed by atoms with Crippen molar-refractivity contribution in [3.05, 3.63) is 23.9 Å². The van der Waals surface area contributed by atoms with Crippen LogP contribution in [0.3, 0.4) is 0 Å². The van der Waals surface area contributed by atoms with Gasteiger partial charge in [-0.25, -0.2) is 10.8 Å². The number of hydrazine groups is 1. The summed E-state index contributed by atoms with van der Waals surface area (Å²) in [5, 5.41) is 0. The molecule has 98 valence electrons. The molecule has 1 amide bonds. The van der Waals surface area contributed by atoms with E-state index in [0.717, 1.165) is 5.56 Å². The average Bonchev–Trinajstić information content (AvgIpc) is 2.40. The van der Waals surface area contributed by atoms with Gasteiger partial charge < -0.3 is 15.9 Å². The quantitative estimate of drug-likeness (QED) is 0.470. The number of amides is 1. The first-order valence-electron chi connectivity index (χ1n) is 5.73. The standard InChI is InChI=1S/C11H17N5O2/c12-11(17)9-7-18-4-3-16(9)6-8-1-2-10(15-13)14-5-8/h1-2,5,9H,3-4,6-7,13H2,(H2,12,17)(H,14,15). The van der Waals surface area contributed by atoms with Gasteiger partial charge in [0, 0.05) is 19.3 Å². The average molecular weight is 251 g/mol. The maximum atomic E-state index is 11.3. The number of nitrogens with two attached hydrogens (primary N) is 2. The maximum Gasteiger partial charge on any atom is 0.237 e. The van der Waals surface area contributed by atoms with E-state index >= 15 is 0 Å². The first-order valence-corrected chi connectivity index (χ1v) is 5.73. The molecule has 1 aliphatic heterocycles. The summed E-state index contributed by atoms with van der Waals surface area (Å²) in [5.74, 6) is 5.49. The molecule has 1 saturated heterocycles. The van der Waals surface area contributed by atoms with Crippen LogP contribution in [0.4, 0.5) is 5.82 Å². The monoisotopic (exact) mass is 251 g/mol. The highest BCUT2D eigenvalue weighted by molar-refractivity contribution is 5.80. The molecule has 7 heteroatoms. The van der Waals surface area contributed by atoms with Gasteiger partial charge in [-0.3, -0.25) is 9.69 Å². The number of pyridine rings is 1. The molecule has 0 aromatic carbocycles. The largest absolute Gasteiger partial charge is 0.378 e. The van der Waals surface area contributed by atoms with Crippen LogP contribution in [0.5, 0.6) is 0 Å². The number of nitrogen functional groups attached to an aromatic ring is 1. The van der Waals surface area contributed by atoms with E-state index < -0.39 is 0 Å². The predicted octanol–water partition coefficient (Wildman–Crippen LogP) is -0.947. The number of nitrogens with zero attached hydrogens (tertiary/aromatic N) is 2. The second-order valence-electron chi connectivity index (χ2n) is 4.16. The molecule has 5 N–H and O–H groups in total. The third kappa shape index (κ3) is 2.95. The molecule has 18 heavy (non-hydrogen) atoms. The zero-order valence-electron chi connectivity index (χ0n) is 10.0. The molecular weight excluding hydrogens is 234 g/mol. The van der Waals surface area contributed by atoms with Crippen molar-refractivity contribution < 1.29 is 9.53 Å². The molecule has 0 radical (unpaired) electrons. The van der Waals surface area contributed by atoms with Gasteiger partial charge in [-0.2, -0.15) is 0 Å². The number of nitrogens with one attached hydrogen (secondary N) is 1. The lowest BCUT2D eigenvalue weighted by Gasteiger charge is -2.33. The molecule has 0 aliphatic carbocycles. The summed E-state index contributed by atoms with van der Waals surface area (Å²) in [7, 11) is 0. The van der Waals surface area contributed by atoms with E-state index in [-0.39, 0.29) is 11.9 Å². The summed E-state index contributed by atoms with van der Waals surface area (Å²) in [6, 6.07) is 3.33. The number of hydrogen-bond donors (Lipinski definition) is 3. The van der Waals surface area contributed by atoms with Crippen molar-refractivity contribution in [3.63, 3.8) is 0 Å². The summed E-state index contributed by atoms with van der Waals surface area (Å²) >= 11 is 0. The minimum atomic E-state index is -0.369. The molecular formula is C11H17N5O2. The molecule has 1 aliphatic rings. The summed E-state index contributed by atoms with van der Waals surface area (Å²) in [6.45, 7) is 2.27. The van der Waals surface area contributed by atoms with Crippen molar-refractivity contribution in [2.45, 2.75) is 12.6 Å². The maximum absolute atomic E-state index is 11.3. The molecule has 2 heterocycles. The van der Waals surface area contributed by atoms with Crippen LogP contribution in [0.25, 0.3) is 0 Å². The van der Waals surface area contributed by atoms with Crippen LogP contribution in [-0.4, -0.2) is 41.6 Å². The fraction of sp³-hybridized carbons (Fsp3) is 0.455. The van der Waals surface area contributed by atoms with Crippen LogP contribution >= 0.6 is 0 Å². The Bertz CT molecular complexity index is 408. The molecule has 1 aromatic heterocycles. The minimum absolute atomic E-state index is 0.352. The number of morpholine rings is 1. The smallest absolute Gasteiger partial charge is 0.237 e. The topological polar surface area (TPSA) is 106 Å². The summed E-state index contributed by atoms with van der Waals surface area (Å²) in [5.41, 5.74) is 8.82. The van der Waals surface area contributed by atoms with Crippen LogP contribution in [0, 0.1) is 0 Å². The number of anilines is 1. The lowest BCUT2D eigenvalue weighted by atomic mass is 10.1. The SMILES string of the molecule is NNc1ccc(CN2CCOCC2C(N)=O)cn1. The van der Waals surface area contributed by atoms with E-state index in [1.807, 2.05) is 11.0 Å². The second-order valence-corrected chi connectivity index (χ2v) is 4.16. The normalized spacial score (nSPS) is 20.6. The highest BCUT2D eigenvalue weighted by atomic mass is 16.5. The Balaban J connectivity index is 2.03. The molecule has 1 fully saturated rings. The number of ether oxygens (including phenoxy) is 1. The van der Waals surface area contributed by atoms with E-state index in [4.69, 9.17) is 16.3 Å². The van der Waals surface area contributed by atoms with Crippen molar-refractivity contribution in [1.29, 1.82) is 0 Å². The van der Waals surface area contributed by atoms with Gasteiger partial charge in [0.05, 0.1) is 13.2 Å². The Morgan fingerprint density at radius 2 is 2.44 bits per heavy atom. The zero-order valence-corrected chi connectivity index (χ0v) is 10.0. The Morgan fingerprint density at radius 1 is 1.61 bits per heavy atom. The van der Waals surface area contributed by atoms with E-state index in [1.165, 1.54) is 0 Å². The molecule has 0 bridgehead atoms. The highest BCUT2D eigenvalue weighted by Crippen LogP contribution is 2.12. The molecule has 0 spiro atoms. The van der Waals surface area contributed by atoms with Crippen molar-refractivity contribution in [2.24, 2.45) is 11.6 Å². The van der Waals surface area contributed by atoms with Gasteiger partial charge in [-0.05, 0) is 11.6 Å². The molecule has 1 aromatic rings. The Labute approximate surface area is 105 Å². The van der Waals surface area contributed by atoms with Crippen molar-refractivity contribution in [1.82, 2.24) is 9.88 Å². The highest BCUT2D eigenvalue weighted by Gasteiger charge is 2.27. The van der Waals surface area contributed by atoms with E-state index in [2.05, 4.69) is 10.4 Å². The van der Waals surface area contributed by atoms with Gasteiger partial charge in [-0.1, -0.05) is 6.07 Å². The summed E-state index contributed by atoms with van der Waals surface area (Å²) in [6.07, 6.45) is 1.72. The van der Waals surface area contributed by atoms with E-state index in [9.17, 15) is 4.79 Å². The lowest BCUT2D eigenvalue weighted by Crippen LogP contribution is -2.51. The van der Waals surface area contributed by atoms with E-state index in [0.29, 0.717) is 32.1 Å². The van der Waals surface area contributed by atoms with Crippen LogP contribution in [-0.2, 0) is 16.1 Å².